The van der Waals surface area contributed by atoms with E-state index in [4.69, 9.17) is 19.3 Å². The van der Waals surface area contributed by atoms with Gasteiger partial charge in [-0.05, 0) is 39.8 Å². The molecule has 0 aromatic carbocycles. The van der Waals surface area contributed by atoms with Crippen molar-refractivity contribution in [2.45, 2.75) is 45.1 Å². The van der Waals surface area contributed by atoms with Gasteiger partial charge in [0.05, 0.1) is 24.2 Å². The SMILES string of the molecule is CCCS(=O)(=O)COCC(C)OCS(=O)(=O)CCN(C)CCCC(O)P(=O)(O)O. The van der Waals surface area contributed by atoms with Gasteiger partial charge in [-0.15, -0.1) is 0 Å². The van der Waals surface area contributed by atoms with E-state index in [2.05, 4.69) is 0 Å². The number of sulfone groups is 2. The summed E-state index contributed by atoms with van der Waals surface area (Å²) in [4.78, 5) is 19.3. The lowest BCUT2D eigenvalue weighted by molar-refractivity contribution is 0.0243. The van der Waals surface area contributed by atoms with Gasteiger partial charge in [0.15, 0.2) is 25.5 Å². The lowest BCUT2D eigenvalue weighted by atomic mass is 10.3. The molecule has 0 aromatic heterocycles. The fraction of sp³-hybridized carbons (Fsp3) is 1.00. The second-order valence-electron chi connectivity index (χ2n) is 6.99. The van der Waals surface area contributed by atoms with E-state index in [0.29, 0.717) is 19.4 Å². The predicted molar refractivity (Wildman–Crippen MR) is 109 cm³/mol. The van der Waals surface area contributed by atoms with Crippen LogP contribution in [0.25, 0.3) is 0 Å². The van der Waals surface area contributed by atoms with Crippen LogP contribution >= 0.6 is 7.60 Å². The molecule has 11 nitrogen and oxygen atoms in total. The number of ether oxygens (including phenoxy) is 2. The maximum Gasteiger partial charge on any atom is 0.353 e. The van der Waals surface area contributed by atoms with Crippen molar-refractivity contribution in [3.8, 4) is 0 Å². The Hall–Kier alpha value is -0.110. The summed E-state index contributed by atoms with van der Waals surface area (Å²) in [5.74, 6) is -2.81. The molecule has 176 valence electrons. The van der Waals surface area contributed by atoms with E-state index < -0.39 is 51.1 Å². The van der Waals surface area contributed by atoms with Crippen LogP contribution in [0.15, 0.2) is 0 Å². The van der Waals surface area contributed by atoms with Crippen LogP contribution in [0.5, 0.6) is 0 Å². The van der Waals surface area contributed by atoms with Gasteiger partial charge in [0, 0.05) is 6.54 Å². The van der Waals surface area contributed by atoms with Crippen LogP contribution in [0.4, 0.5) is 0 Å². The lowest BCUT2D eigenvalue weighted by Crippen LogP contribution is -2.30. The zero-order valence-corrected chi connectivity index (χ0v) is 19.7. The average Bonchev–Trinajstić information content (AvgIpc) is 2.57. The molecule has 0 aliphatic heterocycles. The molecule has 0 aliphatic rings. The minimum atomic E-state index is -4.52. The molecule has 0 heterocycles. The average molecular weight is 484 g/mol. The summed E-state index contributed by atoms with van der Waals surface area (Å²) in [5.41, 5.74) is 0. The molecular weight excluding hydrogens is 449 g/mol. The zero-order valence-electron chi connectivity index (χ0n) is 17.1. The second-order valence-corrected chi connectivity index (χ2v) is 13.0. The smallest absolute Gasteiger partial charge is 0.353 e. The van der Waals surface area contributed by atoms with Crippen molar-refractivity contribution in [1.82, 2.24) is 4.90 Å². The second kappa shape index (κ2) is 13.3. The van der Waals surface area contributed by atoms with Gasteiger partial charge in [-0.1, -0.05) is 6.92 Å². The first-order valence-corrected chi connectivity index (χ1v) is 14.5. The highest BCUT2D eigenvalue weighted by Crippen LogP contribution is 2.41. The Kier molecular flexibility index (Phi) is 13.3. The van der Waals surface area contributed by atoms with Crippen molar-refractivity contribution >= 4 is 27.3 Å². The molecule has 0 amide bonds. The molecule has 0 radical (unpaired) electrons. The van der Waals surface area contributed by atoms with Gasteiger partial charge in [0.25, 0.3) is 0 Å². The van der Waals surface area contributed by atoms with E-state index in [-0.39, 0.29) is 31.1 Å². The third kappa shape index (κ3) is 15.4. The third-order valence-electron chi connectivity index (χ3n) is 3.84. The van der Waals surface area contributed by atoms with Crippen molar-refractivity contribution in [3.05, 3.63) is 0 Å². The molecule has 0 spiro atoms. The molecule has 0 fully saturated rings. The molecule has 2 unspecified atom stereocenters. The van der Waals surface area contributed by atoms with Crippen LogP contribution < -0.4 is 0 Å². The highest BCUT2D eigenvalue weighted by Gasteiger charge is 2.25. The molecule has 0 bridgehead atoms. The highest BCUT2D eigenvalue weighted by molar-refractivity contribution is 7.91. The minimum Gasteiger partial charge on any atom is -0.380 e. The van der Waals surface area contributed by atoms with Crippen molar-refractivity contribution in [2.24, 2.45) is 0 Å². The number of nitrogens with zero attached hydrogens (tertiary/aromatic N) is 1. The van der Waals surface area contributed by atoms with E-state index in [0.717, 1.165) is 0 Å². The van der Waals surface area contributed by atoms with Gasteiger partial charge in [-0.3, -0.25) is 4.57 Å². The molecule has 0 saturated heterocycles. The molecule has 3 N–H and O–H groups in total. The topological polar surface area (TPSA) is 168 Å². The Morgan fingerprint density at radius 2 is 1.62 bits per heavy atom. The van der Waals surface area contributed by atoms with Crippen molar-refractivity contribution < 1.29 is 45.8 Å². The van der Waals surface area contributed by atoms with Gasteiger partial charge in [0.1, 0.15) is 11.9 Å². The molecular formula is C15H34NO10PS2. The van der Waals surface area contributed by atoms with Gasteiger partial charge in [0.2, 0.25) is 0 Å². The first-order valence-electron chi connectivity index (χ1n) is 9.20. The van der Waals surface area contributed by atoms with Crippen LogP contribution in [-0.2, 0) is 33.7 Å². The highest BCUT2D eigenvalue weighted by atomic mass is 32.2. The van der Waals surface area contributed by atoms with Crippen LogP contribution in [-0.4, -0.2) is 98.7 Å². The first-order chi connectivity index (χ1) is 13.2. The largest absolute Gasteiger partial charge is 0.380 e. The van der Waals surface area contributed by atoms with Crippen LogP contribution in [0.2, 0.25) is 0 Å². The Morgan fingerprint density at radius 1 is 1.03 bits per heavy atom. The molecule has 0 saturated carbocycles. The number of aliphatic hydroxyl groups is 1. The van der Waals surface area contributed by atoms with Gasteiger partial charge in [-0.2, -0.15) is 0 Å². The van der Waals surface area contributed by atoms with E-state index in [9.17, 15) is 26.5 Å². The number of hydrogen-bond acceptors (Lipinski definition) is 9. The number of hydrogen-bond donors (Lipinski definition) is 3. The molecule has 29 heavy (non-hydrogen) atoms. The van der Waals surface area contributed by atoms with Crippen molar-refractivity contribution in [3.63, 3.8) is 0 Å². The maximum absolute atomic E-state index is 12.0. The number of rotatable bonds is 17. The normalized spacial score (nSPS) is 15.6. The summed E-state index contributed by atoms with van der Waals surface area (Å²) < 4.78 is 68.2. The minimum absolute atomic E-state index is 0.0302. The molecule has 0 rings (SSSR count). The van der Waals surface area contributed by atoms with E-state index in [1.807, 2.05) is 0 Å². The Morgan fingerprint density at radius 3 is 2.17 bits per heavy atom. The quantitative estimate of drug-likeness (QED) is 0.234. The third-order valence-corrected chi connectivity index (χ3v) is 7.73. The molecule has 0 aliphatic carbocycles. The van der Waals surface area contributed by atoms with Crippen LogP contribution in [0, 0.1) is 0 Å². The summed E-state index contributed by atoms with van der Waals surface area (Å²) in [5, 5.41) is 9.27. The standard InChI is InChI=1S/C15H34NO10PS2/c1-4-9-28(21,22)12-25-11-14(2)26-13-29(23,24)10-8-16(3)7-5-6-15(17)27(18,19)20/h14-15,17H,4-13H2,1-3H3,(H2,18,19,20). The number of aliphatic hydroxyl groups excluding tert-OH is 1. The monoisotopic (exact) mass is 483 g/mol. The summed E-state index contributed by atoms with van der Waals surface area (Å²) in [7, 11) is -9.64. The Bertz CT molecular complexity index is 707. The zero-order chi connectivity index (χ0) is 22.7. The summed E-state index contributed by atoms with van der Waals surface area (Å²) in [6.07, 6.45) is 0.118. The molecule has 0 aromatic rings. The first kappa shape index (κ1) is 28.9. The van der Waals surface area contributed by atoms with Crippen molar-refractivity contribution in [2.75, 3.05) is 50.1 Å². The fourth-order valence-electron chi connectivity index (χ4n) is 2.16. The summed E-state index contributed by atoms with van der Waals surface area (Å²) in [6.45, 7) is 3.85. The van der Waals surface area contributed by atoms with Crippen molar-refractivity contribution in [1.29, 1.82) is 0 Å². The van der Waals surface area contributed by atoms with Crippen LogP contribution in [0.3, 0.4) is 0 Å². The lowest BCUT2D eigenvalue weighted by Gasteiger charge is -2.19. The van der Waals surface area contributed by atoms with E-state index >= 15 is 0 Å². The molecule has 2 atom stereocenters. The summed E-state index contributed by atoms with van der Waals surface area (Å²) in [6, 6.07) is 0. The predicted octanol–water partition coefficient (Wildman–Crippen LogP) is -0.229. The Labute approximate surface area is 173 Å². The van der Waals surface area contributed by atoms with Gasteiger partial charge < -0.3 is 29.3 Å². The maximum atomic E-state index is 12.0. The fourth-order valence-corrected chi connectivity index (χ4v) is 4.91. The summed E-state index contributed by atoms with van der Waals surface area (Å²) >= 11 is 0. The van der Waals surface area contributed by atoms with E-state index in [1.165, 1.54) is 0 Å². The van der Waals surface area contributed by atoms with E-state index in [1.54, 1.807) is 25.8 Å². The molecule has 14 heteroatoms. The Balaban J connectivity index is 4.09. The van der Waals surface area contributed by atoms with Gasteiger partial charge >= 0.3 is 7.60 Å². The van der Waals surface area contributed by atoms with Crippen LogP contribution in [0.1, 0.15) is 33.1 Å². The van der Waals surface area contributed by atoms with Gasteiger partial charge in [-0.25, -0.2) is 16.8 Å².